The van der Waals surface area contributed by atoms with E-state index in [1.807, 2.05) is 30.3 Å². The monoisotopic (exact) mass is 346 g/mol. The lowest BCUT2D eigenvalue weighted by atomic mass is 9.93. The van der Waals surface area contributed by atoms with Crippen molar-refractivity contribution < 1.29 is 14.3 Å². The van der Waals surface area contributed by atoms with Crippen LogP contribution in [0.1, 0.15) is 40.2 Å². The van der Waals surface area contributed by atoms with Crippen molar-refractivity contribution in [3.8, 4) is 0 Å². The van der Waals surface area contributed by atoms with Gasteiger partial charge in [0.05, 0.1) is 20.3 Å². The van der Waals surface area contributed by atoms with Gasteiger partial charge in [0.25, 0.3) is 0 Å². The number of nitrogens with one attached hydrogen (secondary N) is 1. The molecule has 24 heavy (non-hydrogen) atoms. The number of anilines is 1. The van der Waals surface area contributed by atoms with Crippen molar-refractivity contribution in [1.29, 1.82) is 0 Å². The fourth-order valence-corrected chi connectivity index (χ4v) is 3.50. The first-order chi connectivity index (χ1) is 11.8. The average molecular weight is 346 g/mol. The molecule has 1 heterocycles. The first-order valence-corrected chi connectivity index (χ1v) is 9.04. The van der Waals surface area contributed by atoms with Gasteiger partial charge in [-0.05, 0) is 24.8 Å². The second kappa shape index (κ2) is 8.26. The fourth-order valence-electron chi connectivity index (χ4n) is 2.50. The number of benzene rings is 1. The first kappa shape index (κ1) is 16.9. The molecular formula is C18H22N2O3S. The maximum atomic E-state index is 11.9. The van der Waals surface area contributed by atoms with Gasteiger partial charge in [-0.1, -0.05) is 30.3 Å². The summed E-state index contributed by atoms with van der Waals surface area (Å²) in [6.07, 6.45) is 4.25. The van der Waals surface area contributed by atoms with E-state index in [4.69, 9.17) is 9.47 Å². The summed E-state index contributed by atoms with van der Waals surface area (Å²) in [5.74, 6) is -0.383. The zero-order valence-electron chi connectivity index (χ0n) is 13.8. The van der Waals surface area contributed by atoms with Crippen LogP contribution in [-0.2, 0) is 22.5 Å². The summed E-state index contributed by atoms with van der Waals surface area (Å²) < 4.78 is 10.6. The van der Waals surface area contributed by atoms with E-state index in [9.17, 15) is 4.79 Å². The molecule has 0 radical (unpaired) electrons. The van der Waals surface area contributed by atoms with Crippen molar-refractivity contribution in [2.24, 2.45) is 0 Å². The van der Waals surface area contributed by atoms with E-state index in [1.165, 1.54) is 37.7 Å². The number of esters is 1. The molecule has 0 spiro atoms. The standard InChI is InChI=1S/C18H22N2O3S/c1-22-17(21)16-15(24-18(20-16)19-14-8-5-9-14)10-11-23-12-13-6-3-2-4-7-13/h2-4,6-7,14H,5,8-12H2,1H3,(H,19,20). The Morgan fingerprint density at radius 2 is 2.12 bits per heavy atom. The normalized spacial score (nSPS) is 14.2. The molecule has 1 aliphatic carbocycles. The molecule has 128 valence electrons. The van der Waals surface area contributed by atoms with Crippen LogP contribution in [0.3, 0.4) is 0 Å². The van der Waals surface area contributed by atoms with E-state index >= 15 is 0 Å². The average Bonchev–Trinajstić information content (AvgIpc) is 2.98. The van der Waals surface area contributed by atoms with Crippen molar-refractivity contribution in [2.45, 2.75) is 38.3 Å². The number of carbonyl (C=O) groups excluding carboxylic acids is 1. The van der Waals surface area contributed by atoms with E-state index in [2.05, 4.69) is 10.3 Å². The Kier molecular flexibility index (Phi) is 5.82. The van der Waals surface area contributed by atoms with E-state index in [0.717, 1.165) is 15.6 Å². The summed E-state index contributed by atoms with van der Waals surface area (Å²) in [6.45, 7) is 1.12. The van der Waals surface area contributed by atoms with Crippen LogP contribution in [0.25, 0.3) is 0 Å². The van der Waals surface area contributed by atoms with Gasteiger partial charge in [-0.2, -0.15) is 0 Å². The smallest absolute Gasteiger partial charge is 0.357 e. The highest BCUT2D eigenvalue weighted by Gasteiger charge is 2.22. The molecule has 1 aliphatic rings. The van der Waals surface area contributed by atoms with Gasteiger partial charge in [0, 0.05) is 17.3 Å². The van der Waals surface area contributed by atoms with Crippen LogP contribution in [0.15, 0.2) is 30.3 Å². The zero-order chi connectivity index (χ0) is 16.8. The Morgan fingerprint density at radius 1 is 1.33 bits per heavy atom. The van der Waals surface area contributed by atoms with Gasteiger partial charge in [0.1, 0.15) is 0 Å². The molecular weight excluding hydrogens is 324 g/mol. The Morgan fingerprint density at radius 3 is 2.79 bits per heavy atom. The lowest BCUT2D eigenvalue weighted by Crippen LogP contribution is -2.26. The van der Waals surface area contributed by atoms with Crippen LogP contribution in [0.5, 0.6) is 0 Å². The van der Waals surface area contributed by atoms with Crippen molar-refractivity contribution in [1.82, 2.24) is 4.98 Å². The molecule has 0 atom stereocenters. The van der Waals surface area contributed by atoms with Gasteiger partial charge in [-0.25, -0.2) is 9.78 Å². The van der Waals surface area contributed by atoms with Crippen molar-refractivity contribution >= 4 is 22.4 Å². The number of hydrogen-bond donors (Lipinski definition) is 1. The van der Waals surface area contributed by atoms with Gasteiger partial charge in [-0.3, -0.25) is 0 Å². The number of ether oxygens (including phenoxy) is 2. The third-order valence-corrected chi connectivity index (χ3v) is 5.14. The Balaban J connectivity index is 1.57. The molecule has 1 fully saturated rings. The van der Waals surface area contributed by atoms with E-state index in [1.54, 1.807) is 0 Å². The lowest BCUT2D eigenvalue weighted by molar-refractivity contribution is 0.0593. The molecule has 2 aromatic rings. The van der Waals surface area contributed by atoms with Gasteiger partial charge in [0.2, 0.25) is 0 Å². The molecule has 1 aromatic heterocycles. The third-order valence-electron chi connectivity index (χ3n) is 4.09. The number of thiazole rings is 1. The molecule has 0 saturated heterocycles. The topological polar surface area (TPSA) is 60.5 Å². The number of methoxy groups -OCH3 is 1. The molecule has 1 aromatic carbocycles. The molecule has 3 rings (SSSR count). The number of aromatic nitrogens is 1. The van der Waals surface area contributed by atoms with Crippen molar-refractivity contribution in [3.63, 3.8) is 0 Å². The maximum absolute atomic E-state index is 11.9. The van der Waals surface area contributed by atoms with Gasteiger partial charge in [0.15, 0.2) is 10.8 Å². The number of rotatable bonds is 8. The largest absolute Gasteiger partial charge is 0.464 e. The van der Waals surface area contributed by atoms with E-state index in [0.29, 0.717) is 31.4 Å². The maximum Gasteiger partial charge on any atom is 0.357 e. The summed E-state index contributed by atoms with van der Waals surface area (Å²) >= 11 is 1.52. The van der Waals surface area contributed by atoms with Gasteiger partial charge < -0.3 is 14.8 Å². The summed E-state index contributed by atoms with van der Waals surface area (Å²) in [5, 5.41) is 4.20. The number of hydrogen-bond acceptors (Lipinski definition) is 6. The van der Waals surface area contributed by atoms with Gasteiger partial charge >= 0.3 is 5.97 Å². The molecule has 5 nitrogen and oxygen atoms in total. The molecule has 0 unspecified atom stereocenters. The highest BCUT2D eigenvalue weighted by Crippen LogP contribution is 2.29. The molecule has 6 heteroatoms. The Hall–Kier alpha value is -1.92. The predicted octanol–water partition coefficient (Wildman–Crippen LogP) is 3.65. The van der Waals surface area contributed by atoms with Gasteiger partial charge in [-0.15, -0.1) is 11.3 Å². The highest BCUT2D eigenvalue weighted by atomic mass is 32.1. The SMILES string of the molecule is COC(=O)c1nc(NC2CCC2)sc1CCOCc1ccccc1. The minimum Gasteiger partial charge on any atom is -0.464 e. The van der Waals surface area contributed by atoms with Crippen molar-refractivity contribution in [2.75, 3.05) is 19.0 Å². The van der Waals surface area contributed by atoms with E-state index < -0.39 is 0 Å². The van der Waals surface area contributed by atoms with Crippen LogP contribution in [0.2, 0.25) is 0 Å². The third kappa shape index (κ3) is 4.33. The number of nitrogens with zero attached hydrogens (tertiary/aromatic N) is 1. The molecule has 0 bridgehead atoms. The van der Waals surface area contributed by atoms with Crippen LogP contribution < -0.4 is 5.32 Å². The number of carbonyl (C=O) groups is 1. The first-order valence-electron chi connectivity index (χ1n) is 8.22. The Bertz CT molecular complexity index is 668. The summed E-state index contributed by atoms with van der Waals surface area (Å²) in [6, 6.07) is 10.5. The highest BCUT2D eigenvalue weighted by molar-refractivity contribution is 7.15. The second-order valence-electron chi connectivity index (χ2n) is 5.84. The Labute approximate surface area is 146 Å². The van der Waals surface area contributed by atoms with Crippen LogP contribution in [-0.4, -0.2) is 30.7 Å². The molecule has 0 amide bonds. The lowest BCUT2D eigenvalue weighted by Gasteiger charge is -2.25. The quantitative estimate of drug-likeness (QED) is 0.584. The van der Waals surface area contributed by atoms with E-state index in [-0.39, 0.29) is 5.97 Å². The molecule has 1 saturated carbocycles. The summed E-state index contributed by atoms with van der Waals surface area (Å²) in [5.41, 5.74) is 1.55. The van der Waals surface area contributed by atoms with Crippen LogP contribution in [0.4, 0.5) is 5.13 Å². The summed E-state index contributed by atoms with van der Waals surface area (Å²) in [7, 11) is 1.39. The summed E-state index contributed by atoms with van der Waals surface area (Å²) in [4.78, 5) is 17.3. The second-order valence-corrected chi connectivity index (χ2v) is 6.93. The molecule has 0 aliphatic heterocycles. The van der Waals surface area contributed by atoms with Crippen molar-refractivity contribution in [3.05, 3.63) is 46.5 Å². The zero-order valence-corrected chi connectivity index (χ0v) is 14.6. The minimum absolute atomic E-state index is 0.383. The van der Waals surface area contributed by atoms with Crippen LogP contribution >= 0.6 is 11.3 Å². The minimum atomic E-state index is -0.383. The molecule has 1 N–H and O–H groups in total. The predicted molar refractivity (Wildman–Crippen MR) is 94.5 cm³/mol. The van der Waals surface area contributed by atoms with Crippen LogP contribution in [0, 0.1) is 0 Å². The fraction of sp³-hybridized carbons (Fsp3) is 0.444.